The topological polar surface area (TPSA) is 76.7 Å². The summed E-state index contributed by atoms with van der Waals surface area (Å²) in [6.07, 6.45) is 6.31. The second-order valence-electron chi connectivity index (χ2n) is 10.8. The summed E-state index contributed by atoms with van der Waals surface area (Å²) < 4.78 is 11.6. The molecule has 6 nitrogen and oxygen atoms in total. The molecule has 0 fully saturated rings. The van der Waals surface area contributed by atoms with Crippen molar-refractivity contribution < 1.29 is 19.1 Å². The summed E-state index contributed by atoms with van der Waals surface area (Å²) >= 11 is 0. The first-order valence-electron chi connectivity index (χ1n) is 14.2. The molecule has 0 aliphatic carbocycles. The summed E-state index contributed by atoms with van der Waals surface area (Å²) in [5, 5.41) is 5.91. The third-order valence-electron chi connectivity index (χ3n) is 6.55. The van der Waals surface area contributed by atoms with E-state index in [9.17, 15) is 9.59 Å². The molecule has 0 saturated carbocycles. The van der Waals surface area contributed by atoms with Crippen LogP contribution in [-0.4, -0.2) is 38.1 Å². The molecule has 2 N–H and O–H groups in total. The lowest BCUT2D eigenvalue weighted by atomic mass is 10.0. The largest absolute Gasteiger partial charge is 0.483 e. The minimum absolute atomic E-state index is 0.0454. The number of carbonyl (C=O) groups excluding carboxylic acids is 2. The Kier molecular flexibility index (Phi) is 13.7. The van der Waals surface area contributed by atoms with Gasteiger partial charge in [0.2, 0.25) is 0 Å². The summed E-state index contributed by atoms with van der Waals surface area (Å²) in [6, 6.07) is 12.3. The molecule has 2 aromatic carbocycles. The molecule has 0 aromatic heterocycles. The number of carbonyl (C=O) groups is 2. The molecular formula is C32H48N2O4. The number of benzene rings is 2. The molecule has 6 heteroatoms. The number of nitrogens with one attached hydrogen (secondary N) is 2. The van der Waals surface area contributed by atoms with E-state index in [1.165, 1.54) is 0 Å². The van der Waals surface area contributed by atoms with Gasteiger partial charge in [-0.1, -0.05) is 77.6 Å². The van der Waals surface area contributed by atoms with Crippen LogP contribution in [0, 0.1) is 13.8 Å². The molecule has 38 heavy (non-hydrogen) atoms. The van der Waals surface area contributed by atoms with Gasteiger partial charge in [0.25, 0.3) is 11.8 Å². The lowest BCUT2D eigenvalue weighted by Gasteiger charge is -2.15. The highest BCUT2D eigenvalue weighted by Crippen LogP contribution is 2.28. The van der Waals surface area contributed by atoms with Crippen LogP contribution in [0.4, 0.5) is 0 Å². The highest BCUT2D eigenvalue weighted by Gasteiger charge is 2.11. The highest BCUT2D eigenvalue weighted by molar-refractivity contribution is 5.77. The van der Waals surface area contributed by atoms with Crippen LogP contribution in [0.25, 0.3) is 0 Å². The van der Waals surface area contributed by atoms with Crippen molar-refractivity contribution in [1.29, 1.82) is 0 Å². The zero-order valence-electron chi connectivity index (χ0n) is 24.3. The Labute approximate surface area is 229 Å². The first-order chi connectivity index (χ1) is 18.2. The molecule has 0 unspecified atom stereocenters. The molecule has 0 heterocycles. The molecule has 0 saturated heterocycles. The third-order valence-corrected chi connectivity index (χ3v) is 6.55. The standard InChI is InChI=1S/C32H48N2O4/c1-23(2)27-15-13-25(5)19-29(27)37-21-31(35)33-17-11-9-7-8-10-12-18-34-32(36)22-38-30-20-26(6)14-16-28(30)24(3)4/h13-16,19-20,23-24H,7-12,17-18,21-22H2,1-6H3,(H,33,35)(H,34,36). The smallest absolute Gasteiger partial charge is 0.257 e. The van der Waals surface area contributed by atoms with Crippen LogP contribution in [-0.2, 0) is 9.59 Å². The van der Waals surface area contributed by atoms with Crippen molar-refractivity contribution in [2.75, 3.05) is 26.3 Å². The number of hydrogen-bond donors (Lipinski definition) is 2. The summed E-state index contributed by atoms with van der Waals surface area (Å²) in [5.41, 5.74) is 4.50. The monoisotopic (exact) mass is 524 g/mol. The van der Waals surface area contributed by atoms with Crippen LogP contribution in [0.15, 0.2) is 36.4 Å². The highest BCUT2D eigenvalue weighted by atomic mass is 16.5. The zero-order chi connectivity index (χ0) is 27.9. The van der Waals surface area contributed by atoms with Gasteiger partial charge in [-0.2, -0.15) is 0 Å². The predicted molar refractivity (Wildman–Crippen MR) is 155 cm³/mol. The minimum atomic E-state index is -0.0799. The SMILES string of the molecule is Cc1ccc(C(C)C)c(OCC(=O)NCCCCCCCCNC(=O)COc2cc(C)ccc2C(C)C)c1. The maximum Gasteiger partial charge on any atom is 0.257 e. The average Bonchev–Trinajstić information content (AvgIpc) is 2.87. The van der Waals surface area contributed by atoms with E-state index in [0.29, 0.717) is 24.9 Å². The molecule has 0 aliphatic heterocycles. The van der Waals surface area contributed by atoms with Gasteiger partial charge in [-0.15, -0.1) is 0 Å². The number of rotatable bonds is 17. The van der Waals surface area contributed by atoms with E-state index in [2.05, 4.69) is 62.6 Å². The van der Waals surface area contributed by atoms with E-state index in [1.54, 1.807) is 0 Å². The van der Waals surface area contributed by atoms with E-state index in [-0.39, 0.29) is 25.0 Å². The molecule has 0 aliphatic rings. The second kappa shape index (κ2) is 16.7. The van der Waals surface area contributed by atoms with Gasteiger partial charge < -0.3 is 20.1 Å². The normalized spacial score (nSPS) is 11.1. The molecule has 2 aromatic rings. The van der Waals surface area contributed by atoms with E-state index >= 15 is 0 Å². The average molecular weight is 525 g/mol. The Bertz CT molecular complexity index is 935. The Balaban J connectivity index is 1.48. The van der Waals surface area contributed by atoms with Crippen molar-refractivity contribution in [2.24, 2.45) is 0 Å². The number of ether oxygens (including phenoxy) is 2. The van der Waals surface area contributed by atoms with Gasteiger partial charge in [0.1, 0.15) is 11.5 Å². The summed E-state index contributed by atoms with van der Waals surface area (Å²) in [5.74, 6) is 2.13. The van der Waals surface area contributed by atoms with Crippen LogP contribution >= 0.6 is 0 Å². The molecule has 210 valence electrons. The first-order valence-corrected chi connectivity index (χ1v) is 14.2. The molecular weight excluding hydrogens is 476 g/mol. The zero-order valence-corrected chi connectivity index (χ0v) is 24.3. The Morgan fingerprint density at radius 1 is 0.632 bits per heavy atom. The number of unbranched alkanes of at least 4 members (excludes halogenated alkanes) is 5. The second-order valence-corrected chi connectivity index (χ2v) is 10.8. The van der Waals surface area contributed by atoms with Crippen LogP contribution in [0.2, 0.25) is 0 Å². The van der Waals surface area contributed by atoms with Crippen LogP contribution in [0.1, 0.15) is 100 Å². The van der Waals surface area contributed by atoms with Crippen LogP contribution < -0.4 is 20.1 Å². The maximum atomic E-state index is 12.2. The van der Waals surface area contributed by atoms with Crippen molar-refractivity contribution in [3.05, 3.63) is 58.7 Å². The number of aryl methyl sites for hydroxylation is 2. The van der Waals surface area contributed by atoms with Gasteiger partial charge in [0, 0.05) is 13.1 Å². The summed E-state index contributed by atoms with van der Waals surface area (Å²) in [4.78, 5) is 24.3. The minimum Gasteiger partial charge on any atom is -0.483 e. The Hall–Kier alpha value is -3.02. The number of amides is 2. The Morgan fingerprint density at radius 3 is 1.37 bits per heavy atom. The maximum absolute atomic E-state index is 12.2. The van der Waals surface area contributed by atoms with E-state index in [4.69, 9.17) is 9.47 Å². The molecule has 0 spiro atoms. The quantitative estimate of drug-likeness (QED) is 0.229. The lowest BCUT2D eigenvalue weighted by molar-refractivity contribution is -0.123. The fourth-order valence-corrected chi connectivity index (χ4v) is 4.29. The van der Waals surface area contributed by atoms with Crippen molar-refractivity contribution in [3.8, 4) is 11.5 Å². The summed E-state index contributed by atoms with van der Waals surface area (Å²) in [6.45, 7) is 14.0. The van der Waals surface area contributed by atoms with Gasteiger partial charge in [0.15, 0.2) is 13.2 Å². The van der Waals surface area contributed by atoms with Crippen molar-refractivity contribution in [3.63, 3.8) is 0 Å². The molecule has 0 atom stereocenters. The molecule has 2 rings (SSSR count). The van der Waals surface area contributed by atoms with E-state index in [0.717, 1.165) is 72.3 Å². The van der Waals surface area contributed by atoms with Gasteiger partial charge in [-0.05, 0) is 72.9 Å². The predicted octanol–water partition coefficient (Wildman–Crippen LogP) is 6.58. The van der Waals surface area contributed by atoms with E-state index < -0.39 is 0 Å². The van der Waals surface area contributed by atoms with Gasteiger partial charge in [0.05, 0.1) is 0 Å². The number of hydrogen-bond acceptors (Lipinski definition) is 4. The molecule has 0 radical (unpaired) electrons. The van der Waals surface area contributed by atoms with Crippen LogP contribution in [0.3, 0.4) is 0 Å². The van der Waals surface area contributed by atoms with Crippen LogP contribution in [0.5, 0.6) is 11.5 Å². The fourth-order valence-electron chi connectivity index (χ4n) is 4.29. The van der Waals surface area contributed by atoms with Gasteiger partial charge >= 0.3 is 0 Å². The van der Waals surface area contributed by atoms with Crippen molar-refractivity contribution in [1.82, 2.24) is 10.6 Å². The third kappa shape index (κ3) is 11.6. The molecule has 0 bridgehead atoms. The van der Waals surface area contributed by atoms with Gasteiger partial charge in [-0.3, -0.25) is 9.59 Å². The first kappa shape index (κ1) is 31.2. The molecule has 2 amide bonds. The van der Waals surface area contributed by atoms with Crippen molar-refractivity contribution in [2.45, 2.75) is 91.9 Å². The van der Waals surface area contributed by atoms with E-state index in [1.807, 2.05) is 26.0 Å². The van der Waals surface area contributed by atoms with Crippen molar-refractivity contribution >= 4 is 11.8 Å². The summed E-state index contributed by atoms with van der Waals surface area (Å²) in [7, 11) is 0. The fraction of sp³-hybridized carbons (Fsp3) is 0.562. The lowest BCUT2D eigenvalue weighted by Crippen LogP contribution is -2.30. The van der Waals surface area contributed by atoms with Gasteiger partial charge in [-0.25, -0.2) is 0 Å². The Morgan fingerprint density at radius 2 is 1.00 bits per heavy atom.